The number of piperidine rings is 1. The van der Waals surface area contributed by atoms with Gasteiger partial charge in [-0.25, -0.2) is 0 Å². The summed E-state index contributed by atoms with van der Waals surface area (Å²) in [5, 5.41) is 0. The molecule has 0 aromatic rings. The number of allylic oxidation sites excluding steroid dienone is 2. The van der Waals surface area contributed by atoms with E-state index in [1.807, 2.05) is 11.8 Å². The summed E-state index contributed by atoms with van der Waals surface area (Å²) in [7, 11) is 0. The van der Waals surface area contributed by atoms with Gasteiger partial charge in [0.25, 0.3) is 0 Å². The molecule has 22 heavy (non-hydrogen) atoms. The van der Waals surface area contributed by atoms with Crippen LogP contribution >= 0.6 is 0 Å². The van der Waals surface area contributed by atoms with Gasteiger partial charge in [0.2, 0.25) is 17.7 Å². The van der Waals surface area contributed by atoms with Crippen LogP contribution in [-0.4, -0.2) is 46.7 Å². The van der Waals surface area contributed by atoms with Gasteiger partial charge in [-0.05, 0) is 44.4 Å². The van der Waals surface area contributed by atoms with Gasteiger partial charge in [-0.1, -0.05) is 12.2 Å². The largest absolute Gasteiger partial charge is 0.338 e. The lowest BCUT2D eigenvalue weighted by atomic mass is 9.85. The quantitative estimate of drug-likeness (QED) is 0.569. The molecule has 2 bridgehead atoms. The van der Waals surface area contributed by atoms with Crippen molar-refractivity contribution in [2.24, 2.45) is 23.7 Å². The Balaban J connectivity index is 1.49. The van der Waals surface area contributed by atoms with Gasteiger partial charge in [0.15, 0.2) is 0 Å². The second kappa shape index (κ2) is 4.93. The standard InChI is InChI=1S/C17H22N2O3/c1-10-4-2-3-7-18(10)13(20)9-19-16(21)14-11-5-6-12(8-11)15(14)17(19)22/h5-6,10-12,14-15H,2-4,7-9H2,1H3. The van der Waals surface area contributed by atoms with Crippen molar-refractivity contribution in [3.05, 3.63) is 12.2 Å². The summed E-state index contributed by atoms with van der Waals surface area (Å²) < 4.78 is 0. The molecule has 4 aliphatic rings. The van der Waals surface area contributed by atoms with Gasteiger partial charge in [0, 0.05) is 12.6 Å². The minimum atomic E-state index is -0.200. The molecule has 2 aliphatic carbocycles. The Morgan fingerprint density at radius 3 is 2.36 bits per heavy atom. The van der Waals surface area contributed by atoms with Crippen molar-refractivity contribution >= 4 is 17.7 Å². The fraction of sp³-hybridized carbons (Fsp3) is 0.706. The maximum absolute atomic E-state index is 12.6. The van der Waals surface area contributed by atoms with Crippen LogP contribution in [0.15, 0.2) is 12.2 Å². The van der Waals surface area contributed by atoms with E-state index >= 15 is 0 Å². The lowest BCUT2D eigenvalue weighted by Crippen LogP contribution is -2.48. The first-order valence-corrected chi connectivity index (χ1v) is 8.41. The van der Waals surface area contributed by atoms with Gasteiger partial charge in [-0.15, -0.1) is 0 Å². The van der Waals surface area contributed by atoms with Crippen LogP contribution in [0.2, 0.25) is 0 Å². The average molecular weight is 302 g/mol. The Bertz CT molecular complexity index is 540. The van der Waals surface area contributed by atoms with E-state index in [4.69, 9.17) is 0 Å². The SMILES string of the molecule is CC1CCCCN1C(=O)CN1C(=O)C2C3C=CC(C3)C2C1=O. The van der Waals surface area contributed by atoms with Crippen molar-refractivity contribution in [1.82, 2.24) is 9.80 Å². The molecule has 5 nitrogen and oxygen atoms in total. The Kier molecular flexibility index (Phi) is 3.13. The molecular weight excluding hydrogens is 280 g/mol. The molecule has 5 unspecified atom stereocenters. The maximum Gasteiger partial charge on any atom is 0.242 e. The number of carbonyl (C=O) groups excluding carboxylic acids is 3. The molecule has 2 aliphatic heterocycles. The fourth-order valence-electron chi connectivity index (χ4n) is 4.81. The van der Waals surface area contributed by atoms with Gasteiger partial charge in [-0.3, -0.25) is 19.3 Å². The van der Waals surface area contributed by atoms with E-state index in [2.05, 4.69) is 12.2 Å². The zero-order chi connectivity index (χ0) is 15.4. The predicted octanol–water partition coefficient (Wildman–Crippen LogP) is 1.19. The highest BCUT2D eigenvalue weighted by Crippen LogP contribution is 2.52. The summed E-state index contributed by atoms with van der Waals surface area (Å²) in [5.74, 6) is -0.298. The third kappa shape index (κ3) is 1.87. The number of hydrogen-bond donors (Lipinski definition) is 0. The molecule has 0 aromatic carbocycles. The minimum Gasteiger partial charge on any atom is -0.338 e. The molecule has 3 fully saturated rings. The zero-order valence-electron chi connectivity index (χ0n) is 12.9. The van der Waals surface area contributed by atoms with Crippen LogP contribution in [0.5, 0.6) is 0 Å². The van der Waals surface area contributed by atoms with Crippen molar-refractivity contribution in [1.29, 1.82) is 0 Å². The van der Waals surface area contributed by atoms with Gasteiger partial charge < -0.3 is 4.90 Å². The van der Waals surface area contributed by atoms with Crippen molar-refractivity contribution in [3.8, 4) is 0 Å². The predicted molar refractivity (Wildman–Crippen MR) is 79.5 cm³/mol. The Hall–Kier alpha value is -1.65. The van der Waals surface area contributed by atoms with Gasteiger partial charge in [0.05, 0.1) is 11.8 Å². The first-order valence-electron chi connectivity index (χ1n) is 8.41. The average Bonchev–Trinajstić information content (AvgIpc) is 3.17. The van der Waals surface area contributed by atoms with E-state index in [1.54, 1.807) is 0 Å². The second-order valence-electron chi connectivity index (χ2n) is 7.19. The highest BCUT2D eigenvalue weighted by Gasteiger charge is 2.59. The van der Waals surface area contributed by atoms with Crippen LogP contribution in [0.4, 0.5) is 0 Å². The third-order valence-electron chi connectivity index (χ3n) is 5.98. The Morgan fingerprint density at radius 2 is 1.77 bits per heavy atom. The smallest absolute Gasteiger partial charge is 0.242 e. The monoisotopic (exact) mass is 302 g/mol. The van der Waals surface area contributed by atoms with Crippen molar-refractivity contribution in [3.63, 3.8) is 0 Å². The lowest BCUT2D eigenvalue weighted by molar-refractivity contribution is -0.148. The lowest BCUT2D eigenvalue weighted by Gasteiger charge is -2.34. The molecule has 0 N–H and O–H groups in total. The number of imide groups is 1. The number of amides is 3. The molecule has 3 amide bonds. The minimum absolute atomic E-state index is 0.0611. The van der Waals surface area contributed by atoms with Crippen molar-refractivity contribution in [2.45, 2.75) is 38.6 Å². The zero-order valence-corrected chi connectivity index (χ0v) is 12.9. The molecule has 2 heterocycles. The number of likely N-dealkylation sites (tertiary alicyclic amines) is 2. The van der Waals surface area contributed by atoms with Crippen molar-refractivity contribution in [2.75, 3.05) is 13.1 Å². The van der Waals surface area contributed by atoms with Crippen LogP contribution in [0.3, 0.4) is 0 Å². The van der Waals surface area contributed by atoms with Gasteiger partial charge in [-0.2, -0.15) is 0 Å². The molecule has 5 heteroatoms. The highest BCUT2D eigenvalue weighted by atomic mass is 16.2. The second-order valence-corrected chi connectivity index (χ2v) is 7.19. The summed E-state index contributed by atoms with van der Waals surface area (Å²) in [4.78, 5) is 40.8. The number of rotatable bonds is 2. The summed E-state index contributed by atoms with van der Waals surface area (Å²) in [5.41, 5.74) is 0. The first kappa shape index (κ1) is 14.0. The molecule has 0 aromatic heterocycles. The summed E-state index contributed by atoms with van der Waals surface area (Å²) in [6.07, 6.45) is 8.25. The number of nitrogens with zero attached hydrogens (tertiary/aromatic N) is 2. The molecule has 0 spiro atoms. The summed E-state index contributed by atoms with van der Waals surface area (Å²) in [6.45, 7) is 2.73. The Labute approximate surface area is 130 Å². The van der Waals surface area contributed by atoms with Crippen LogP contribution in [-0.2, 0) is 14.4 Å². The van der Waals surface area contributed by atoms with Gasteiger partial charge >= 0.3 is 0 Å². The highest BCUT2D eigenvalue weighted by molar-refractivity contribution is 6.08. The fourth-order valence-corrected chi connectivity index (χ4v) is 4.81. The van der Waals surface area contributed by atoms with Gasteiger partial charge in [0.1, 0.15) is 6.54 Å². The van der Waals surface area contributed by atoms with E-state index < -0.39 is 0 Å². The van der Waals surface area contributed by atoms with E-state index in [0.29, 0.717) is 0 Å². The maximum atomic E-state index is 12.6. The van der Waals surface area contributed by atoms with E-state index in [0.717, 1.165) is 32.2 Å². The van der Waals surface area contributed by atoms with Crippen LogP contribution in [0, 0.1) is 23.7 Å². The molecular formula is C17H22N2O3. The summed E-state index contributed by atoms with van der Waals surface area (Å²) in [6, 6.07) is 0.214. The van der Waals surface area contributed by atoms with Crippen LogP contribution < -0.4 is 0 Å². The summed E-state index contributed by atoms with van der Waals surface area (Å²) >= 11 is 0. The molecule has 1 saturated carbocycles. The normalized spacial score (nSPS) is 39.8. The number of fused-ring (bicyclic) bond motifs is 5. The first-order chi connectivity index (χ1) is 10.6. The van der Waals surface area contributed by atoms with E-state index in [9.17, 15) is 14.4 Å². The Morgan fingerprint density at radius 1 is 1.14 bits per heavy atom. The molecule has 2 saturated heterocycles. The molecule has 4 rings (SSSR count). The topological polar surface area (TPSA) is 57.7 Å². The number of hydrogen-bond acceptors (Lipinski definition) is 3. The molecule has 0 radical (unpaired) electrons. The van der Waals surface area contributed by atoms with Crippen LogP contribution in [0.1, 0.15) is 32.6 Å². The van der Waals surface area contributed by atoms with Crippen molar-refractivity contribution < 1.29 is 14.4 Å². The molecule has 5 atom stereocenters. The third-order valence-corrected chi connectivity index (χ3v) is 5.98. The molecule has 118 valence electrons. The van der Waals surface area contributed by atoms with Crippen LogP contribution in [0.25, 0.3) is 0 Å². The van der Waals surface area contributed by atoms with E-state index in [1.165, 1.54) is 4.90 Å². The number of carbonyl (C=O) groups is 3. The van der Waals surface area contributed by atoms with E-state index in [-0.39, 0.29) is 54.0 Å².